The molecule has 0 radical (unpaired) electrons. The van der Waals surface area contributed by atoms with Gasteiger partial charge in [-0.05, 0) is 30.2 Å². The van der Waals surface area contributed by atoms with E-state index in [1.165, 1.54) is 30.3 Å². The molecule has 1 amide bonds. The van der Waals surface area contributed by atoms with Crippen LogP contribution in [-0.4, -0.2) is 19.2 Å². The van der Waals surface area contributed by atoms with Crippen molar-refractivity contribution in [1.29, 1.82) is 0 Å². The van der Waals surface area contributed by atoms with E-state index in [0.717, 1.165) is 0 Å². The van der Waals surface area contributed by atoms with Gasteiger partial charge in [-0.3, -0.25) is 14.9 Å². The predicted octanol–water partition coefficient (Wildman–Crippen LogP) is 1.73. The number of carbonyl (C=O) groups is 1. The molecule has 0 bridgehead atoms. The summed E-state index contributed by atoms with van der Waals surface area (Å²) in [5, 5.41) is 18.3. The topological polar surface area (TPSA) is 132 Å². The molecular formula is C15H15N3O5S. The maximum atomic E-state index is 12.0. The van der Waals surface area contributed by atoms with Gasteiger partial charge in [-0.2, -0.15) is 0 Å². The summed E-state index contributed by atoms with van der Waals surface area (Å²) in [5.41, 5.74) is 1.31. The van der Waals surface area contributed by atoms with E-state index >= 15 is 0 Å². The fourth-order valence-corrected chi connectivity index (χ4v) is 2.92. The third-order valence-electron chi connectivity index (χ3n) is 3.29. The monoisotopic (exact) mass is 349 g/mol. The third-order valence-corrected chi connectivity index (χ3v) is 4.34. The molecule has 0 saturated heterocycles. The van der Waals surface area contributed by atoms with E-state index in [4.69, 9.17) is 5.14 Å². The molecule has 0 saturated carbocycles. The van der Waals surface area contributed by atoms with Crippen LogP contribution >= 0.6 is 0 Å². The number of hydrogen-bond donors (Lipinski definition) is 2. The number of rotatable bonds is 5. The van der Waals surface area contributed by atoms with Gasteiger partial charge in [0.05, 0.1) is 16.2 Å². The van der Waals surface area contributed by atoms with Gasteiger partial charge in [0.15, 0.2) is 0 Å². The minimum Gasteiger partial charge on any atom is -0.326 e. The highest BCUT2D eigenvalue weighted by atomic mass is 32.2. The molecule has 126 valence electrons. The Labute approximate surface area is 138 Å². The average Bonchev–Trinajstić information content (AvgIpc) is 2.48. The van der Waals surface area contributed by atoms with Crippen molar-refractivity contribution in [3.63, 3.8) is 0 Å². The molecule has 0 aliphatic carbocycles. The Morgan fingerprint density at radius 1 is 1.21 bits per heavy atom. The lowest BCUT2D eigenvalue weighted by Gasteiger charge is -2.09. The van der Waals surface area contributed by atoms with Gasteiger partial charge < -0.3 is 5.32 Å². The van der Waals surface area contributed by atoms with Crippen molar-refractivity contribution in [1.82, 2.24) is 0 Å². The molecule has 2 aromatic carbocycles. The van der Waals surface area contributed by atoms with Crippen LogP contribution in [0, 0.1) is 17.0 Å². The molecule has 0 aliphatic rings. The number of amides is 1. The van der Waals surface area contributed by atoms with Gasteiger partial charge in [0.25, 0.3) is 5.69 Å². The van der Waals surface area contributed by atoms with E-state index < -0.39 is 14.9 Å². The third kappa shape index (κ3) is 4.37. The van der Waals surface area contributed by atoms with Crippen LogP contribution in [0.4, 0.5) is 11.4 Å². The van der Waals surface area contributed by atoms with Crippen molar-refractivity contribution in [2.75, 3.05) is 5.32 Å². The van der Waals surface area contributed by atoms with Crippen molar-refractivity contribution in [2.45, 2.75) is 18.2 Å². The van der Waals surface area contributed by atoms with E-state index in [1.54, 1.807) is 19.1 Å². The number of nitro groups is 1. The molecule has 0 atom stereocenters. The van der Waals surface area contributed by atoms with Crippen LogP contribution in [0.25, 0.3) is 0 Å². The molecular weight excluding hydrogens is 334 g/mol. The molecule has 0 spiro atoms. The summed E-state index contributed by atoms with van der Waals surface area (Å²) in [7, 11) is -3.88. The standard InChI is InChI=1S/C15H15N3O5S/c1-10-2-5-12(9-14(10)24(16,22)23)17-15(19)8-11-3-6-13(7-4-11)18(20)21/h2-7,9H,8H2,1H3,(H,17,19)(H2,16,22,23). The Morgan fingerprint density at radius 2 is 1.83 bits per heavy atom. The van der Waals surface area contributed by atoms with Gasteiger partial charge in [0.1, 0.15) is 0 Å². The molecule has 0 heterocycles. The maximum absolute atomic E-state index is 12.0. The van der Waals surface area contributed by atoms with Crippen LogP contribution < -0.4 is 10.5 Å². The van der Waals surface area contributed by atoms with Crippen LogP contribution in [0.15, 0.2) is 47.4 Å². The summed E-state index contributed by atoms with van der Waals surface area (Å²) in [6.45, 7) is 1.60. The van der Waals surface area contributed by atoms with Crippen molar-refractivity contribution >= 4 is 27.3 Å². The van der Waals surface area contributed by atoms with Crippen molar-refractivity contribution in [3.8, 4) is 0 Å². The predicted molar refractivity (Wildman–Crippen MR) is 88.0 cm³/mol. The molecule has 8 nitrogen and oxygen atoms in total. The summed E-state index contributed by atoms with van der Waals surface area (Å²) in [6, 6.07) is 10.0. The lowest BCUT2D eigenvalue weighted by atomic mass is 10.1. The van der Waals surface area contributed by atoms with E-state index in [9.17, 15) is 23.3 Å². The summed E-state index contributed by atoms with van der Waals surface area (Å²) in [4.78, 5) is 22.0. The molecule has 2 rings (SSSR count). The van der Waals surface area contributed by atoms with E-state index in [1.807, 2.05) is 0 Å². The number of aryl methyl sites for hydroxylation is 1. The van der Waals surface area contributed by atoms with Gasteiger partial charge in [-0.15, -0.1) is 0 Å². The van der Waals surface area contributed by atoms with Gasteiger partial charge in [-0.1, -0.05) is 18.2 Å². The molecule has 0 aromatic heterocycles. The largest absolute Gasteiger partial charge is 0.326 e. The quantitative estimate of drug-likeness (QED) is 0.626. The Hall–Kier alpha value is -2.78. The first kappa shape index (κ1) is 17.6. The first-order chi connectivity index (χ1) is 11.2. The zero-order valence-corrected chi connectivity index (χ0v) is 13.5. The highest BCUT2D eigenvalue weighted by molar-refractivity contribution is 7.89. The van der Waals surface area contributed by atoms with Crippen LogP contribution in [0.3, 0.4) is 0 Å². The number of non-ortho nitro benzene ring substituents is 1. The minimum absolute atomic E-state index is 0.00339. The lowest BCUT2D eigenvalue weighted by molar-refractivity contribution is -0.384. The Morgan fingerprint density at radius 3 is 2.38 bits per heavy atom. The van der Waals surface area contributed by atoms with Gasteiger partial charge >= 0.3 is 0 Å². The second-order valence-corrected chi connectivity index (χ2v) is 6.70. The van der Waals surface area contributed by atoms with Crippen LogP contribution in [0.1, 0.15) is 11.1 Å². The second kappa shape index (κ2) is 6.77. The number of benzene rings is 2. The first-order valence-electron chi connectivity index (χ1n) is 6.83. The molecule has 2 aromatic rings. The zero-order chi connectivity index (χ0) is 17.9. The summed E-state index contributed by atoms with van der Waals surface area (Å²) in [5.74, 6) is -0.381. The molecule has 0 fully saturated rings. The first-order valence-corrected chi connectivity index (χ1v) is 8.38. The number of nitrogens with two attached hydrogens (primary N) is 1. The number of sulfonamides is 1. The molecule has 0 aliphatic heterocycles. The van der Waals surface area contributed by atoms with Gasteiger partial charge in [0, 0.05) is 17.8 Å². The summed E-state index contributed by atoms with van der Waals surface area (Å²) >= 11 is 0. The normalized spacial score (nSPS) is 11.1. The highest BCUT2D eigenvalue weighted by Crippen LogP contribution is 2.19. The Kier molecular flexibility index (Phi) is 4.96. The fourth-order valence-electron chi connectivity index (χ4n) is 2.11. The number of hydrogen-bond acceptors (Lipinski definition) is 5. The van der Waals surface area contributed by atoms with Crippen molar-refractivity contribution in [2.24, 2.45) is 5.14 Å². The molecule has 3 N–H and O–H groups in total. The van der Waals surface area contributed by atoms with Crippen molar-refractivity contribution in [3.05, 3.63) is 63.7 Å². The van der Waals surface area contributed by atoms with Gasteiger partial charge in [-0.25, -0.2) is 13.6 Å². The number of anilines is 1. The molecule has 0 unspecified atom stereocenters. The smallest absolute Gasteiger partial charge is 0.269 e. The number of nitro benzene ring substituents is 1. The Balaban J connectivity index is 2.11. The Bertz CT molecular complexity index is 892. The van der Waals surface area contributed by atoms with Crippen LogP contribution in [0.5, 0.6) is 0 Å². The fraction of sp³-hybridized carbons (Fsp3) is 0.133. The SMILES string of the molecule is Cc1ccc(NC(=O)Cc2ccc([N+](=O)[O-])cc2)cc1S(N)(=O)=O. The molecule has 24 heavy (non-hydrogen) atoms. The summed E-state index contributed by atoms with van der Waals surface area (Å²) < 4.78 is 23.0. The summed E-state index contributed by atoms with van der Waals surface area (Å²) in [6.07, 6.45) is -0.00339. The number of nitrogens with zero attached hydrogens (tertiary/aromatic N) is 1. The molecule has 9 heteroatoms. The zero-order valence-electron chi connectivity index (χ0n) is 12.7. The van der Waals surface area contributed by atoms with Crippen molar-refractivity contribution < 1.29 is 18.1 Å². The van der Waals surface area contributed by atoms with Gasteiger partial charge in [0.2, 0.25) is 15.9 Å². The lowest BCUT2D eigenvalue weighted by Crippen LogP contribution is -2.17. The second-order valence-electron chi connectivity index (χ2n) is 5.17. The van der Waals surface area contributed by atoms with E-state index in [0.29, 0.717) is 16.8 Å². The van der Waals surface area contributed by atoms with Crippen LogP contribution in [-0.2, 0) is 21.2 Å². The van der Waals surface area contributed by atoms with E-state index in [2.05, 4.69) is 5.32 Å². The number of primary sulfonamides is 1. The highest BCUT2D eigenvalue weighted by Gasteiger charge is 2.13. The van der Waals surface area contributed by atoms with Crippen LogP contribution in [0.2, 0.25) is 0 Å². The number of nitrogens with one attached hydrogen (secondary N) is 1. The number of carbonyl (C=O) groups excluding carboxylic acids is 1. The minimum atomic E-state index is -3.88. The average molecular weight is 349 g/mol. The van der Waals surface area contributed by atoms with E-state index in [-0.39, 0.29) is 22.9 Å². The maximum Gasteiger partial charge on any atom is 0.269 e.